The summed E-state index contributed by atoms with van der Waals surface area (Å²) in [6.07, 6.45) is 4.02. The van der Waals surface area contributed by atoms with Crippen molar-refractivity contribution in [3.63, 3.8) is 0 Å². The Hall–Kier alpha value is -3.69. The zero-order valence-corrected chi connectivity index (χ0v) is 20.3. The van der Waals surface area contributed by atoms with E-state index in [1.165, 1.54) is 23.5 Å². The van der Waals surface area contributed by atoms with E-state index in [0.29, 0.717) is 24.3 Å². The Balaban J connectivity index is 1.20. The van der Waals surface area contributed by atoms with Crippen LogP contribution >= 0.6 is 0 Å². The van der Waals surface area contributed by atoms with Crippen LogP contribution in [0, 0.1) is 0 Å². The minimum atomic E-state index is -3.71. The second-order valence-electron chi connectivity index (χ2n) is 8.60. The molecule has 0 atom stereocenters. The molecular formula is C26H27N5O3S. The molecule has 0 spiro atoms. The molecule has 5 rings (SSSR count). The average Bonchev–Trinajstić information content (AvgIpc) is 3.31. The summed E-state index contributed by atoms with van der Waals surface area (Å²) in [6, 6.07) is 21.0. The highest BCUT2D eigenvalue weighted by Gasteiger charge is 2.25. The molecule has 0 saturated carbocycles. The molecule has 180 valence electrons. The van der Waals surface area contributed by atoms with Gasteiger partial charge in [0.05, 0.1) is 16.3 Å². The number of hydrogen-bond donors (Lipinski definition) is 0. The van der Waals surface area contributed by atoms with E-state index in [-0.39, 0.29) is 10.8 Å². The van der Waals surface area contributed by atoms with Gasteiger partial charge in [0, 0.05) is 57.7 Å². The maximum atomic E-state index is 13.0. The number of carbonyl (C=O) groups excluding carboxylic acids is 1. The van der Waals surface area contributed by atoms with Gasteiger partial charge in [-0.1, -0.05) is 24.3 Å². The predicted octanol–water partition coefficient (Wildman–Crippen LogP) is 3.12. The number of nitrogens with zero attached hydrogens (tertiary/aromatic N) is 5. The van der Waals surface area contributed by atoms with Crippen molar-refractivity contribution in [2.45, 2.75) is 11.4 Å². The number of amides is 1. The lowest BCUT2D eigenvalue weighted by Gasteiger charge is -2.34. The third-order valence-electron chi connectivity index (χ3n) is 6.34. The third-order valence-corrected chi connectivity index (χ3v) is 8.14. The van der Waals surface area contributed by atoms with E-state index in [0.717, 1.165) is 31.0 Å². The molecule has 1 fully saturated rings. The number of pyridine rings is 1. The van der Waals surface area contributed by atoms with Crippen molar-refractivity contribution in [1.29, 1.82) is 0 Å². The van der Waals surface area contributed by atoms with Crippen LogP contribution in [-0.4, -0.2) is 66.7 Å². The summed E-state index contributed by atoms with van der Waals surface area (Å²) in [6.45, 7) is 3.49. The second-order valence-corrected chi connectivity index (χ2v) is 10.6. The van der Waals surface area contributed by atoms with Gasteiger partial charge >= 0.3 is 0 Å². The average molecular weight is 490 g/mol. The summed E-state index contributed by atoms with van der Waals surface area (Å²) in [5.41, 5.74) is 3.00. The number of carbonyl (C=O) groups is 1. The third kappa shape index (κ3) is 4.78. The van der Waals surface area contributed by atoms with Gasteiger partial charge in [0.25, 0.3) is 15.9 Å². The molecule has 0 radical (unpaired) electrons. The number of imidazole rings is 1. The van der Waals surface area contributed by atoms with Gasteiger partial charge in [0.2, 0.25) is 0 Å². The fourth-order valence-corrected chi connectivity index (χ4v) is 5.48. The van der Waals surface area contributed by atoms with Crippen molar-refractivity contribution in [3.8, 4) is 0 Å². The molecule has 0 N–H and O–H groups in total. The molecular weight excluding hydrogens is 462 g/mol. The molecule has 4 aromatic rings. The highest BCUT2D eigenvalue weighted by Crippen LogP contribution is 2.22. The van der Waals surface area contributed by atoms with Crippen LogP contribution in [0.15, 0.2) is 90.1 Å². The molecule has 1 aliphatic rings. The molecule has 0 unspecified atom stereocenters. The molecule has 35 heavy (non-hydrogen) atoms. The Kier molecular flexibility index (Phi) is 6.27. The Morgan fingerprint density at radius 3 is 2.29 bits per heavy atom. The molecule has 2 aromatic heterocycles. The fraction of sp³-hybridized carbons (Fsp3) is 0.231. The normalized spacial score (nSPS) is 14.8. The van der Waals surface area contributed by atoms with Gasteiger partial charge in [-0.25, -0.2) is 13.4 Å². The molecule has 1 aliphatic heterocycles. The van der Waals surface area contributed by atoms with Crippen molar-refractivity contribution >= 4 is 27.3 Å². The van der Waals surface area contributed by atoms with Crippen molar-refractivity contribution in [1.82, 2.24) is 19.2 Å². The van der Waals surface area contributed by atoms with Gasteiger partial charge in [-0.3, -0.25) is 14.0 Å². The molecule has 1 amide bonds. The highest BCUT2D eigenvalue weighted by atomic mass is 32.2. The number of benzene rings is 2. The standard InChI is InChI=1S/C26H27N5O3S/c1-28(23-7-3-2-4-8-23)35(33,34)24-12-10-21(11-13-24)26(32)30-17-15-29(16-18-30)19-22-20-31-14-6-5-9-25(31)27-22/h2-14,20H,15-19H2,1H3. The smallest absolute Gasteiger partial charge is 0.264 e. The van der Waals surface area contributed by atoms with E-state index in [4.69, 9.17) is 0 Å². The van der Waals surface area contributed by atoms with Gasteiger partial charge in [0.1, 0.15) is 5.65 Å². The van der Waals surface area contributed by atoms with Gasteiger partial charge in [-0.15, -0.1) is 0 Å². The summed E-state index contributed by atoms with van der Waals surface area (Å²) < 4.78 is 29.2. The maximum Gasteiger partial charge on any atom is 0.264 e. The van der Waals surface area contributed by atoms with Gasteiger partial charge in [-0.2, -0.15) is 0 Å². The maximum absolute atomic E-state index is 13.0. The van der Waals surface area contributed by atoms with Crippen LogP contribution in [-0.2, 0) is 16.6 Å². The van der Waals surface area contributed by atoms with E-state index >= 15 is 0 Å². The Labute approximate surface area is 205 Å². The van der Waals surface area contributed by atoms with Crippen LogP contribution in [0.25, 0.3) is 5.65 Å². The zero-order chi connectivity index (χ0) is 24.4. The monoisotopic (exact) mass is 489 g/mol. The number of sulfonamides is 1. The second kappa shape index (κ2) is 9.52. The lowest BCUT2D eigenvalue weighted by molar-refractivity contribution is 0.0627. The zero-order valence-electron chi connectivity index (χ0n) is 19.5. The number of hydrogen-bond acceptors (Lipinski definition) is 5. The summed E-state index contributed by atoms with van der Waals surface area (Å²) in [4.78, 5) is 21.9. The summed E-state index contributed by atoms with van der Waals surface area (Å²) in [5.74, 6) is -0.0854. The first-order valence-electron chi connectivity index (χ1n) is 11.5. The fourth-order valence-electron chi connectivity index (χ4n) is 4.29. The van der Waals surface area contributed by atoms with Gasteiger partial charge in [-0.05, 0) is 48.5 Å². The Bertz CT molecular complexity index is 1390. The van der Waals surface area contributed by atoms with E-state index in [1.807, 2.05) is 46.0 Å². The number of rotatable bonds is 6. The first-order chi connectivity index (χ1) is 16.9. The van der Waals surface area contributed by atoms with Gasteiger partial charge in [0.15, 0.2) is 0 Å². The number of aromatic nitrogens is 2. The van der Waals surface area contributed by atoms with Crippen LogP contribution in [0.5, 0.6) is 0 Å². The summed E-state index contributed by atoms with van der Waals surface area (Å²) in [7, 11) is -2.19. The first-order valence-corrected chi connectivity index (χ1v) is 12.9. The van der Waals surface area contributed by atoms with E-state index in [2.05, 4.69) is 9.88 Å². The van der Waals surface area contributed by atoms with Crippen LogP contribution in [0.4, 0.5) is 5.69 Å². The molecule has 3 heterocycles. The molecule has 0 aliphatic carbocycles. The lowest BCUT2D eigenvalue weighted by Crippen LogP contribution is -2.48. The topological polar surface area (TPSA) is 78.2 Å². The molecule has 1 saturated heterocycles. The van der Waals surface area contributed by atoms with E-state index in [9.17, 15) is 13.2 Å². The van der Waals surface area contributed by atoms with Crippen molar-refractivity contribution in [2.24, 2.45) is 0 Å². The van der Waals surface area contributed by atoms with Crippen molar-refractivity contribution in [2.75, 3.05) is 37.5 Å². The number of fused-ring (bicyclic) bond motifs is 1. The summed E-state index contributed by atoms with van der Waals surface area (Å²) >= 11 is 0. The minimum absolute atomic E-state index is 0.0854. The highest BCUT2D eigenvalue weighted by molar-refractivity contribution is 7.92. The SMILES string of the molecule is CN(c1ccccc1)S(=O)(=O)c1ccc(C(=O)N2CCN(Cc3cn4ccccc4n3)CC2)cc1. The van der Waals surface area contributed by atoms with Crippen molar-refractivity contribution in [3.05, 3.63) is 96.4 Å². The van der Waals surface area contributed by atoms with Crippen LogP contribution in [0.3, 0.4) is 0 Å². The Morgan fingerprint density at radius 2 is 1.60 bits per heavy atom. The number of para-hydroxylation sites is 1. The largest absolute Gasteiger partial charge is 0.336 e. The summed E-state index contributed by atoms with van der Waals surface area (Å²) in [5, 5.41) is 0. The van der Waals surface area contributed by atoms with E-state index < -0.39 is 10.0 Å². The Morgan fingerprint density at radius 1 is 0.914 bits per heavy atom. The molecule has 9 heteroatoms. The van der Waals surface area contributed by atoms with E-state index in [1.54, 1.807) is 36.4 Å². The molecule has 2 aromatic carbocycles. The molecule has 0 bridgehead atoms. The van der Waals surface area contributed by atoms with Crippen LogP contribution in [0.1, 0.15) is 16.1 Å². The predicted molar refractivity (Wildman–Crippen MR) is 135 cm³/mol. The quantitative estimate of drug-likeness (QED) is 0.416. The number of anilines is 1. The number of piperazine rings is 1. The van der Waals surface area contributed by atoms with Crippen LogP contribution < -0.4 is 4.31 Å². The van der Waals surface area contributed by atoms with Gasteiger partial charge < -0.3 is 9.30 Å². The van der Waals surface area contributed by atoms with Crippen LogP contribution in [0.2, 0.25) is 0 Å². The van der Waals surface area contributed by atoms with Crippen molar-refractivity contribution < 1.29 is 13.2 Å². The minimum Gasteiger partial charge on any atom is -0.336 e. The lowest BCUT2D eigenvalue weighted by atomic mass is 10.2. The first kappa shape index (κ1) is 23.1. The molecule has 8 nitrogen and oxygen atoms in total.